The van der Waals surface area contributed by atoms with E-state index in [1.807, 2.05) is 66.7 Å². The van der Waals surface area contributed by atoms with Crippen LogP contribution in [0.4, 0.5) is 0 Å². The second-order valence-corrected chi connectivity index (χ2v) is 4.45. The van der Waals surface area contributed by atoms with Crippen LogP contribution in [0.25, 0.3) is 22.6 Å². The molecule has 0 spiro atoms. The van der Waals surface area contributed by atoms with Gasteiger partial charge in [-0.1, -0.05) is 48.5 Å². The number of aromatic nitrogens is 1. The summed E-state index contributed by atoms with van der Waals surface area (Å²) in [6, 6.07) is 21.8. The molecule has 2 aromatic carbocycles. The van der Waals surface area contributed by atoms with Crippen molar-refractivity contribution in [1.82, 2.24) is 4.98 Å². The smallest absolute Gasteiger partial charge is 0.0998 e. The average molecular weight is 256 g/mol. The second kappa shape index (κ2) is 5.38. The minimum Gasteiger partial charge on any atom is -0.256 e. The highest BCUT2D eigenvalue weighted by atomic mass is 14.6. The monoisotopic (exact) mass is 256 g/mol. The molecule has 94 valence electrons. The van der Waals surface area contributed by atoms with Gasteiger partial charge in [-0.25, -0.2) is 0 Å². The van der Waals surface area contributed by atoms with Crippen LogP contribution in [-0.2, 0) is 0 Å². The summed E-state index contributed by atoms with van der Waals surface area (Å²) in [5.41, 5.74) is 3.53. The Kier molecular flexibility index (Phi) is 3.26. The molecule has 2 heteroatoms. The van der Waals surface area contributed by atoms with Crippen LogP contribution in [0.5, 0.6) is 0 Å². The summed E-state index contributed by atoms with van der Waals surface area (Å²) < 4.78 is 0. The Morgan fingerprint density at radius 1 is 0.950 bits per heavy atom. The average Bonchev–Trinajstić information content (AvgIpc) is 2.53. The maximum absolute atomic E-state index is 9.38. The van der Waals surface area contributed by atoms with E-state index < -0.39 is 0 Å². The van der Waals surface area contributed by atoms with E-state index >= 15 is 0 Å². The van der Waals surface area contributed by atoms with Gasteiger partial charge in [-0.2, -0.15) is 5.26 Å². The summed E-state index contributed by atoms with van der Waals surface area (Å²) in [6.07, 6.45) is 3.69. The molecule has 3 rings (SSSR count). The summed E-state index contributed by atoms with van der Waals surface area (Å²) in [6.45, 7) is 0. The summed E-state index contributed by atoms with van der Waals surface area (Å²) in [5.74, 6) is 0. The van der Waals surface area contributed by atoms with Crippen molar-refractivity contribution in [2.45, 2.75) is 0 Å². The van der Waals surface area contributed by atoms with E-state index in [0.29, 0.717) is 5.57 Å². The fraction of sp³-hybridized carbons (Fsp3) is 0. The van der Waals surface area contributed by atoms with Crippen LogP contribution in [0.2, 0.25) is 0 Å². The third-order valence-corrected chi connectivity index (χ3v) is 3.19. The lowest BCUT2D eigenvalue weighted by molar-refractivity contribution is 1.41. The van der Waals surface area contributed by atoms with Crippen LogP contribution in [0.15, 0.2) is 66.9 Å². The number of pyridine rings is 1. The van der Waals surface area contributed by atoms with Gasteiger partial charge in [0.15, 0.2) is 0 Å². The van der Waals surface area contributed by atoms with Crippen LogP contribution >= 0.6 is 0 Å². The van der Waals surface area contributed by atoms with Gasteiger partial charge in [0.1, 0.15) is 0 Å². The van der Waals surface area contributed by atoms with Gasteiger partial charge in [0, 0.05) is 11.6 Å². The molecule has 0 saturated carbocycles. The molecule has 0 fully saturated rings. The molecule has 0 radical (unpaired) electrons. The van der Waals surface area contributed by atoms with E-state index in [4.69, 9.17) is 0 Å². The minimum absolute atomic E-state index is 0.655. The molecular weight excluding hydrogens is 244 g/mol. The first-order valence-corrected chi connectivity index (χ1v) is 6.39. The van der Waals surface area contributed by atoms with Gasteiger partial charge in [0.05, 0.1) is 17.2 Å². The molecule has 0 aliphatic rings. The number of rotatable bonds is 2. The molecule has 1 heterocycles. The number of hydrogen-bond acceptors (Lipinski definition) is 2. The molecule has 0 saturated heterocycles. The number of para-hydroxylation sites is 1. The number of nitrogens with zero attached hydrogens (tertiary/aromatic N) is 2. The zero-order valence-electron chi connectivity index (χ0n) is 10.8. The van der Waals surface area contributed by atoms with E-state index in [9.17, 15) is 5.26 Å². The van der Waals surface area contributed by atoms with Crippen molar-refractivity contribution >= 4 is 22.6 Å². The standard InChI is InChI=1S/C18H12N2/c19-13-16(14-6-2-1-3-7-14)12-15-10-11-20-18-9-5-4-8-17(15)18/h1-12H/b16-12-. The largest absolute Gasteiger partial charge is 0.256 e. The Balaban J connectivity index is 2.16. The van der Waals surface area contributed by atoms with E-state index in [2.05, 4.69) is 11.1 Å². The normalized spacial score (nSPS) is 11.2. The molecular formula is C18H12N2. The van der Waals surface area contributed by atoms with Gasteiger partial charge >= 0.3 is 0 Å². The summed E-state index contributed by atoms with van der Waals surface area (Å²) >= 11 is 0. The molecule has 0 bridgehead atoms. The van der Waals surface area contributed by atoms with Crippen LogP contribution in [0.1, 0.15) is 11.1 Å². The fourth-order valence-electron chi connectivity index (χ4n) is 2.20. The Morgan fingerprint density at radius 3 is 2.50 bits per heavy atom. The number of fused-ring (bicyclic) bond motifs is 1. The van der Waals surface area contributed by atoms with Crippen molar-refractivity contribution in [1.29, 1.82) is 5.26 Å². The van der Waals surface area contributed by atoms with Crippen molar-refractivity contribution in [3.8, 4) is 6.07 Å². The van der Waals surface area contributed by atoms with Crippen LogP contribution in [0.3, 0.4) is 0 Å². The van der Waals surface area contributed by atoms with Crippen molar-refractivity contribution in [3.63, 3.8) is 0 Å². The first-order valence-electron chi connectivity index (χ1n) is 6.39. The number of allylic oxidation sites excluding steroid dienone is 1. The lowest BCUT2D eigenvalue weighted by Crippen LogP contribution is -1.85. The Morgan fingerprint density at radius 2 is 1.70 bits per heavy atom. The second-order valence-electron chi connectivity index (χ2n) is 4.45. The Labute approximate surface area is 117 Å². The number of hydrogen-bond donors (Lipinski definition) is 0. The van der Waals surface area contributed by atoms with Crippen LogP contribution in [-0.4, -0.2) is 4.98 Å². The van der Waals surface area contributed by atoms with Gasteiger partial charge in [-0.05, 0) is 29.3 Å². The zero-order chi connectivity index (χ0) is 13.8. The van der Waals surface area contributed by atoms with Gasteiger partial charge in [0.2, 0.25) is 0 Å². The molecule has 2 nitrogen and oxygen atoms in total. The van der Waals surface area contributed by atoms with Crippen molar-refractivity contribution in [2.75, 3.05) is 0 Å². The Hall–Kier alpha value is -2.92. The first kappa shape index (κ1) is 12.1. The van der Waals surface area contributed by atoms with Crippen molar-refractivity contribution in [2.24, 2.45) is 0 Å². The van der Waals surface area contributed by atoms with Gasteiger partial charge < -0.3 is 0 Å². The minimum atomic E-state index is 0.655. The molecule has 1 aromatic heterocycles. The summed E-state index contributed by atoms with van der Waals surface area (Å²) in [7, 11) is 0. The molecule has 0 amide bonds. The molecule has 20 heavy (non-hydrogen) atoms. The van der Waals surface area contributed by atoms with Gasteiger partial charge in [-0.15, -0.1) is 0 Å². The maximum atomic E-state index is 9.38. The predicted molar refractivity (Wildman–Crippen MR) is 81.7 cm³/mol. The van der Waals surface area contributed by atoms with Gasteiger partial charge in [0.25, 0.3) is 0 Å². The summed E-state index contributed by atoms with van der Waals surface area (Å²) in [4.78, 5) is 4.34. The molecule has 3 aromatic rings. The van der Waals surface area contributed by atoms with Crippen molar-refractivity contribution in [3.05, 3.63) is 78.0 Å². The Bertz CT molecular complexity index is 806. The number of benzene rings is 2. The van der Waals surface area contributed by atoms with Gasteiger partial charge in [-0.3, -0.25) is 4.98 Å². The van der Waals surface area contributed by atoms with Crippen LogP contribution in [0, 0.1) is 11.3 Å². The molecule has 0 aliphatic carbocycles. The fourth-order valence-corrected chi connectivity index (χ4v) is 2.20. The molecule has 0 aliphatic heterocycles. The van der Waals surface area contributed by atoms with E-state index in [-0.39, 0.29) is 0 Å². The van der Waals surface area contributed by atoms with E-state index in [1.54, 1.807) is 6.20 Å². The lowest BCUT2D eigenvalue weighted by atomic mass is 10.0. The molecule has 0 unspecified atom stereocenters. The highest BCUT2D eigenvalue weighted by Crippen LogP contribution is 2.22. The van der Waals surface area contributed by atoms with Crippen molar-refractivity contribution < 1.29 is 0 Å². The SMILES string of the molecule is N#C/C(=C/c1ccnc2ccccc12)c1ccccc1. The highest BCUT2D eigenvalue weighted by Gasteiger charge is 2.03. The number of nitriles is 1. The summed E-state index contributed by atoms with van der Waals surface area (Å²) in [5, 5.41) is 10.4. The topological polar surface area (TPSA) is 36.7 Å². The van der Waals surface area contributed by atoms with E-state index in [1.165, 1.54) is 0 Å². The third kappa shape index (κ3) is 2.30. The lowest BCUT2D eigenvalue weighted by Gasteiger charge is -2.03. The first-order chi connectivity index (χ1) is 9.88. The third-order valence-electron chi connectivity index (χ3n) is 3.19. The van der Waals surface area contributed by atoms with E-state index in [0.717, 1.165) is 22.0 Å². The highest BCUT2D eigenvalue weighted by molar-refractivity contribution is 5.97. The van der Waals surface area contributed by atoms with Crippen LogP contribution < -0.4 is 0 Å². The molecule has 0 N–H and O–H groups in total. The maximum Gasteiger partial charge on any atom is 0.0998 e. The quantitative estimate of drug-likeness (QED) is 0.641. The zero-order valence-corrected chi connectivity index (χ0v) is 10.8. The predicted octanol–water partition coefficient (Wildman–Crippen LogP) is 4.30. The molecule has 0 atom stereocenters.